The second kappa shape index (κ2) is 10.8. The van der Waals surface area contributed by atoms with E-state index in [9.17, 15) is 13.2 Å². The van der Waals surface area contributed by atoms with Crippen molar-refractivity contribution in [2.45, 2.75) is 32.6 Å². The highest BCUT2D eigenvalue weighted by molar-refractivity contribution is 7.98. The Morgan fingerprint density at radius 3 is 2.33 bits per heavy atom. The molecule has 164 valence electrons. The smallest absolute Gasteiger partial charge is 0.243 e. The predicted molar refractivity (Wildman–Crippen MR) is 128 cm³/mol. The fourth-order valence-corrected chi connectivity index (χ4v) is 5.68. The molecule has 0 aliphatic rings. The van der Waals surface area contributed by atoms with Crippen molar-refractivity contribution in [2.24, 2.45) is 0 Å². The van der Waals surface area contributed by atoms with Gasteiger partial charge in [0.15, 0.2) is 0 Å². The number of sulfonamides is 1. The van der Waals surface area contributed by atoms with Crippen LogP contribution in [-0.2, 0) is 20.6 Å². The first-order valence-electron chi connectivity index (χ1n) is 9.36. The fraction of sp³-hybridized carbons (Fsp3) is 0.381. The van der Waals surface area contributed by atoms with Gasteiger partial charge >= 0.3 is 0 Å². The maximum absolute atomic E-state index is 12.6. The zero-order valence-corrected chi connectivity index (χ0v) is 20.6. The molecule has 0 heterocycles. The summed E-state index contributed by atoms with van der Waals surface area (Å²) in [6.07, 6.45) is 1.11. The molecule has 0 aromatic heterocycles. The van der Waals surface area contributed by atoms with Gasteiger partial charge in [-0.2, -0.15) is 11.8 Å². The molecule has 1 N–H and O–H groups in total. The van der Waals surface area contributed by atoms with Crippen molar-refractivity contribution in [3.8, 4) is 0 Å². The van der Waals surface area contributed by atoms with Crippen LogP contribution in [0.15, 0.2) is 36.4 Å². The van der Waals surface area contributed by atoms with Crippen molar-refractivity contribution < 1.29 is 13.2 Å². The molecule has 0 unspecified atom stereocenters. The van der Waals surface area contributed by atoms with E-state index in [2.05, 4.69) is 5.32 Å². The van der Waals surface area contributed by atoms with Crippen molar-refractivity contribution >= 4 is 56.6 Å². The molecule has 2 rings (SSSR count). The molecule has 0 spiro atoms. The Bertz CT molecular complexity index is 993. The lowest BCUT2D eigenvalue weighted by Gasteiger charge is -2.28. The highest BCUT2D eigenvalue weighted by atomic mass is 35.5. The van der Waals surface area contributed by atoms with Crippen LogP contribution in [0.3, 0.4) is 0 Å². The highest BCUT2D eigenvalue weighted by Crippen LogP contribution is 2.25. The number of halogens is 2. The summed E-state index contributed by atoms with van der Waals surface area (Å²) in [5.74, 6) is 1.02. The number of rotatable bonds is 9. The third-order valence-corrected chi connectivity index (χ3v) is 7.20. The maximum atomic E-state index is 12.6. The van der Waals surface area contributed by atoms with Gasteiger partial charge in [0.2, 0.25) is 15.9 Å². The van der Waals surface area contributed by atoms with Gasteiger partial charge in [-0.1, -0.05) is 35.3 Å². The minimum absolute atomic E-state index is 0.343. The second-order valence-electron chi connectivity index (χ2n) is 7.16. The van der Waals surface area contributed by atoms with E-state index in [4.69, 9.17) is 23.2 Å². The summed E-state index contributed by atoms with van der Waals surface area (Å²) in [6, 6.07) is 10.0. The summed E-state index contributed by atoms with van der Waals surface area (Å²) in [6.45, 7) is 5.80. The van der Waals surface area contributed by atoms with Crippen LogP contribution >= 0.6 is 35.0 Å². The minimum Gasteiger partial charge on any atom is -0.353 e. The molecular formula is C21H26Cl2N2O3S2. The number of nitrogens with zero attached hydrogens (tertiary/aromatic N) is 1. The van der Waals surface area contributed by atoms with E-state index in [1.54, 1.807) is 43.0 Å². The van der Waals surface area contributed by atoms with Gasteiger partial charge in [0.25, 0.3) is 0 Å². The number of thioether (sulfide) groups is 1. The van der Waals surface area contributed by atoms with Crippen molar-refractivity contribution in [2.75, 3.05) is 22.9 Å². The zero-order valence-electron chi connectivity index (χ0n) is 17.4. The summed E-state index contributed by atoms with van der Waals surface area (Å²) in [5, 5.41) is 4.03. The summed E-state index contributed by atoms with van der Waals surface area (Å²) < 4.78 is 26.0. The number of hydrogen-bond donors (Lipinski definition) is 1. The van der Waals surface area contributed by atoms with Crippen molar-refractivity contribution in [3.05, 3.63) is 63.1 Å². The SMILES string of the molecule is Cc1cc(C)cc(N([C@H](C)C(=O)NCCSCc2ccc(Cl)cc2Cl)S(C)(=O)=O)c1. The first-order chi connectivity index (χ1) is 14.0. The number of aryl methyl sites for hydroxylation is 2. The maximum Gasteiger partial charge on any atom is 0.243 e. The van der Waals surface area contributed by atoms with Gasteiger partial charge in [-0.25, -0.2) is 8.42 Å². The topological polar surface area (TPSA) is 66.5 Å². The summed E-state index contributed by atoms with van der Waals surface area (Å²) in [5.41, 5.74) is 3.33. The predicted octanol–water partition coefficient (Wildman–Crippen LogP) is 4.81. The van der Waals surface area contributed by atoms with Gasteiger partial charge < -0.3 is 5.32 Å². The zero-order chi connectivity index (χ0) is 22.5. The summed E-state index contributed by atoms with van der Waals surface area (Å²) in [4.78, 5) is 12.6. The quantitative estimate of drug-likeness (QED) is 0.514. The van der Waals surface area contributed by atoms with Crippen molar-refractivity contribution in [1.29, 1.82) is 0 Å². The van der Waals surface area contributed by atoms with Gasteiger partial charge in [0.1, 0.15) is 6.04 Å². The van der Waals surface area contributed by atoms with Crippen LogP contribution in [0.2, 0.25) is 10.0 Å². The number of hydrogen-bond acceptors (Lipinski definition) is 4. The molecule has 1 amide bonds. The average Bonchev–Trinajstić information content (AvgIpc) is 2.60. The van der Waals surface area contributed by atoms with Crippen molar-refractivity contribution in [3.63, 3.8) is 0 Å². The lowest BCUT2D eigenvalue weighted by molar-refractivity contribution is -0.121. The minimum atomic E-state index is -3.63. The molecule has 0 saturated heterocycles. The van der Waals surface area contributed by atoms with E-state index in [0.717, 1.165) is 22.9 Å². The van der Waals surface area contributed by atoms with E-state index in [-0.39, 0.29) is 5.91 Å². The molecule has 0 saturated carbocycles. The lowest BCUT2D eigenvalue weighted by Crippen LogP contribution is -2.48. The number of benzene rings is 2. The van der Waals surface area contributed by atoms with Crippen LogP contribution in [0.25, 0.3) is 0 Å². The first-order valence-corrected chi connectivity index (χ1v) is 13.1. The largest absolute Gasteiger partial charge is 0.353 e. The number of nitrogens with one attached hydrogen (secondary N) is 1. The number of carbonyl (C=O) groups is 1. The molecule has 2 aromatic carbocycles. The van der Waals surface area contributed by atoms with Crippen LogP contribution in [0, 0.1) is 13.8 Å². The second-order valence-corrected chi connectivity index (χ2v) is 11.0. The van der Waals surface area contributed by atoms with Crippen LogP contribution in [-0.4, -0.2) is 38.9 Å². The molecule has 0 aliphatic carbocycles. The first kappa shape index (κ1) is 24.9. The van der Waals surface area contributed by atoms with Gasteiger partial charge in [-0.3, -0.25) is 9.10 Å². The lowest BCUT2D eigenvalue weighted by atomic mass is 10.1. The monoisotopic (exact) mass is 488 g/mol. The van der Waals surface area contributed by atoms with Crippen LogP contribution in [0.1, 0.15) is 23.6 Å². The molecular weight excluding hydrogens is 463 g/mol. The molecule has 9 heteroatoms. The van der Waals surface area contributed by atoms with Gasteiger partial charge in [0.05, 0.1) is 11.9 Å². The highest BCUT2D eigenvalue weighted by Gasteiger charge is 2.29. The van der Waals surface area contributed by atoms with E-state index >= 15 is 0 Å². The molecule has 0 fully saturated rings. The van der Waals surface area contributed by atoms with E-state index < -0.39 is 16.1 Å². The molecule has 0 radical (unpaired) electrons. The number of amides is 1. The Morgan fingerprint density at radius 1 is 1.13 bits per heavy atom. The van der Waals surface area contributed by atoms with Crippen molar-refractivity contribution in [1.82, 2.24) is 5.32 Å². The number of carbonyl (C=O) groups excluding carboxylic acids is 1. The molecule has 30 heavy (non-hydrogen) atoms. The van der Waals surface area contributed by atoms with E-state index in [0.29, 0.717) is 33.8 Å². The van der Waals surface area contributed by atoms with Gasteiger partial charge in [0, 0.05) is 28.1 Å². The Hall–Kier alpha value is -1.41. The van der Waals surface area contributed by atoms with E-state index in [1.165, 1.54) is 4.31 Å². The Balaban J connectivity index is 1.95. The van der Waals surface area contributed by atoms with Gasteiger partial charge in [-0.15, -0.1) is 0 Å². The Kier molecular flexibility index (Phi) is 8.91. The Labute approximate surface area is 193 Å². The number of anilines is 1. The molecule has 5 nitrogen and oxygen atoms in total. The average molecular weight is 489 g/mol. The molecule has 2 aromatic rings. The fourth-order valence-electron chi connectivity index (χ4n) is 3.10. The molecule has 0 bridgehead atoms. The van der Waals surface area contributed by atoms with E-state index in [1.807, 2.05) is 26.0 Å². The van der Waals surface area contributed by atoms with Crippen LogP contribution < -0.4 is 9.62 Å². The normalized spacial score (nSPS) is 12.5. The van der Waals surface area contributed by atoms with Crippen LogP contribution in [0.5, 0.6) is 0 Å². The Morgan fingerprint density at radius 2 is 1.77 bits per heavy atom. The third-order valence-electron chi connectivity index (χ3n) is 4.37. The molecule has 1 atom stereocenters. The summed E-state index contributed by atoms with van der Waals surface area (Å²) >= 11 is 13.7. The van der Waals surface area contributed by atoms with Gasteiger partial charge in [-0.05, 0) is 61.7 Å². The van der Waals surface area contributed by atoms with Crippen LogP contribution in [0.4, 0.5) is 5.69 Å². The standard InChI is InChI=1S/C21H26Cl2N2O3S2/c1-14-9-15(2)11-19(10-14)25(30(4,27)28)16(3)21(26)24-7-8-29-13-17-5-6-18(22)12-20(17)23/h5-6,9-12,16H,7-8,13H2,1-4H3,(H,24,26)/t16-/m1/s1. The molecule has 0 aliphatic heterocycles. The summed E-state index contributed by atoms with van der Waals surface area (Å²) in [7, 11) is -3.63. The third kappa shape index (κ3) is 7.08.